The highest BCUT2D eigenvalue weighted by molar-refractivity contribution is 7.12. The van der Waals surface area contributed by atoms with Gasteiger partial charge in [-0.3, -0.25) is 14.2 Å². The van der Waals surface area contributed by atoms with Gasteiger partial charge in [0.15, 0.2) is 5.43 Å². The van der Waals surface area contributed by atoms with E-state index in [-0.39, 0.29) is 11.3 Å². The number of thiophene rings is 1. The summed E-state index contributed by atoms with van der Waals surface area (Å²) in [5.74, 6) is -0.0787. The van der Waals surface area contributed by atoms with E-state index in [2.05, 4.69) is 0 Å². The zero-order valence-corrected chi connectivity index (χ0v) is 9.88. The fourth-order valence-corrected chi connectivity index (χ4v) is 2.34. The van der Waals surface area contributed by atoms with E-state index < -0.39 is 0 Å². The molecule has 0 aromatic carbocycles. The molecule has 0 aliphatic rings. The quantitative estimate of drug-likeness (QED) is 0.757. The number of rotatable bonds is 1. The molecule has 0 aliphatic carbocycles. The number of nitrogens with zero attached hydrogens (tertiary/aromatic N) is 1. The monoisotopic (exact) mass is 233 g/mol. The van der Waals surface area contributed by atoms with Crippen LogP contribution in [0.25, 0.3) is 0 Å². The van der Waals surface area contributed by atoms with Crippen LogP contribution in [0, 0.1) is 13.8 Å². The molecule has 0 saturated heterocycles. The van der Waals surface area contributed by atoms with E-state index in [1.165, 1.54) is 23.5 Å². The van der Waals surface area contributed by atoms with Crippen LogP contribution in [0.15, 0.2) is 34.4 Å². The second-order valence-corrected chi connectivity index (χ2v) is 4.54. The van der Waals surface area contributed by atoms with Gasteiger partial charge in [-0.25, -0.2) is 0 Å². The first kappa shape index (κ1) is 10.8. The van der Waals surface area contributed by atoms with Crippen molar-refractivity contribution in [1.29, 1.82) is 0 Å². The number of hydrogen-bond donors (Lipinski definition) is 0. The Labute approximate surface area is 97.0 Å². The molecule has 2 aromatic rings. The van der Waals surface area contributed by atoms with E-state index in [0.717, 1.165) is 0 Å². The lowest BCUT2D eigenvalue weighted by Gasteiger charge is -2.11. The van der Waals surface area contributed by atoms with Crippen molar-refractivity contribution in [2.75, 3.05) is 0 Å². The molecule has 0 saturated carbocycles. The van der Waals surface area contributed by atoms with Crippen LogP contribution in [0.4, 0.5) is 0 Å². The summed E-state index contributed by atoms with van der Waals surface area (Å²) < 4.78 is 1.56. The average Bonchev–Trinajstić information content (AvgIpc) is 2.67. The first-order valence-electron chi connectivity index (χ1n) is 4.88. The molecule has 0 radical (unpaired) electrons. The summed E-state index contributed by atoms with van der Waals surface area (Å²) in [7, 11) is 0. The standard InChI is InChI=1S/C12H11NO2S/c1-8-6-10(14)7-9(2)13(8)12(15)11-4-3-5-16-11/h3-7H,1-2H3. The van der Waals surface area contributed by atoms with Gasteiger partial charge in [0.05, 0.1) is 4.88 Å². The van der Waals surface area contributed by atoms with Gasteiger partial charge in [0.25, 0.3) is 5.91 Å². The lowest BCUT2D eigenvalue weighted by molar-refractivity contribution is 0.0959. The Morgan fingerprint density at radius 1 is 1.25 bits per heavy atom. The molecule has 3 nitrogen and oxygen atoms in total. The van der Waals surface area contributed by atoms with Crippen LogP contribution in [-0.2, 0) is 0 Å². The molecule has 16 heavy (non-hydrogen) atoms. The third kappa shape index (κ3) is 1.84. The first-order chi connectivity index (χ1) is 7.59. The molecule has 2 rings (SSSR count). The summed E-state index contributed by atoms with van der Waals surface area (Å²) in [5, 5.41) is 1.86. The van der Waals surface area contributed by atoms with Gasteiger partial charge in [-0.1, -0.05) is 6.07 Å². The van der Waals surface area contributed by atoms with E-state index in [9.17, 15) is 9.59 Å². The lowest BCUT2D eigenvalue weighted by Crippen LogP contribution is -2.20. The zero-order valence-electron chi connectivity index (χ0n) is 9.06. The van der Waals surface area contributed by atoms with E-state index >= 15 is 0 Å². The molecular weight excluding hydrogens is 222 g/mol. The molecule has 0 N–H and O–H groups in total. The second-order valence-electron chi connectivity index (χ2n) is 3.59. The van der Waals surface area contributed by atoms with Crippen LogP contribution in [-0.4, -0.2) is 10.5 Å². The minimum Gasteiger partial charge on any atom is -0.290 e. The molecule has 0 amide bonds. The Balaban J connectivity index is 2.57. The summed E-state index contributed by atoms with van der Waals surface area (Å²) in [6, 6.07) is 6.56. The highest BCUT2D eigenvalue weighted by atomic mass is 32.1. The van der Waals surface area contributed by atoms with Crippen molar-refractivity contribution in [3.8, 4) is 0 Å². The number of carbonyl (C=O) groups is 1. The Morgan fingerprint density at radius 3 is 2.38 bits per heavy atom. The van der Waals surface area contributed by atoms with Crippen LogP contribution < -0.4 is 5.43 Å². The summed E-state index contributed by atoms with van der Waals surface area (Å²) in [6.45, 7) is 3.53. The molecule has 0 fully saturated rings. The zero-order chi connectivity index (χ0) is 11.7. The molecular formula is C12H11NO2S. The average molecular weight is 233 g/mol. The van der Waals surface area contributed by atoms with Crippen molar-refractivity contribution in [1.82, 2.24) is 4.57 Å². The maximum absolute atomic E-state index is 12.1. The van der Waals surface area contributed by atoms with Gasteiger partial charge in [-0.15, -0.1) is 11.3 Å². The SMILES string of the molecule is Cc1cc(=O)cc(C)n1C(=O)c1cccs1. The van der Waals surface area contributed by atoms with E-state index in [1.54, 1.807) is 24.5 Å². The third-order valence-electron chi connectivity index (χ3n) is 2.34. The number of pyridine rings is 1. The fraction of sp³-hybridized carbons (Fsp3) is 0.167. The molecule has 0 atom stereocenters. The van der Waals surface area contributed by atoms with Crippen molar-refractivity contribution in [2.45, 2.75) is 13.8 Å². The van der Waals surface area contributed by atoms with Crippen LogP contribution >= 0.6 is 11.3 Å². The van der Waals surface area contributed by atoms with Crippen LogP contribution in [0.3, 0.4) is 0 Å². The first-order valence-corrected chi connectivity index (χ1v) is 5.76. The normalized spacial score (nSPS) is 10.4. The summed E-state index contributed by atoms with van der Waals surface area (Å²) in [6.07, 6.45) is 0. The van der Waals surface area contributed by atoms with Gasteiger partial charge in [0, 0.05) is 23.5 Å². The van der Waals surface area contributed by atoms with Gasteiger partial charge in [0.1, 0.15) is 0 Å². The van der Waals surface area contributed by atoms with Gasteiger partial charge in [0.2, 0.25) is 0 Å². The van der Waals surface area contributed by atoms with Crippen molar-refractivity contribution in [3.05, 3.63) is 56.1 Å². The Bertz CT molecular complexity index is 555. The largest absolute Gasteiger partial charge is 0.290 e. The van der Waals surface area contributed by atoms with Gasteiger partial charge < -0.3 is 0 Å². The topological polar surface area (TPSA) is 39.1 Å². The molecule has 0 bridgehead atoms. The van der Waals surface area contributed by atoms with Gasteiger partial charge in [-0.2, -0.15) is 0 Å². The molecule has 4 heteroatoms. The Kier molecular flexibility index (Phi) is 2.75. The van der Waals surface area contributed by atoms with E-state index in [1.807, 2.05) is 11.4 Å². The predicted molar refractivity (Wildman–Crippen MR) is 64.2 cm³/mol. The third-order valence-corrected chi connectivity index (χ3v) is 3.20. The number of hydrogen-bond acceptors (Lipinski definition) is 3. The summed E-state index contributed by atoms with van der Waals surface area (Å²) >= 11 is 1.40. The molecule has 2 aromatic heterocycles. The van der Waals surface area contributed by atoms with Crippen molar-refractivity contribution >= 4 is 17.2 Å². The number of aryl methyl sites for hydroxylation is 2. The van der Waals surface area contributed by atoms with E-state index in [4.69, 9.17) is 0 Å². The number of carbonyl (C=O) groups excluding carboxylic acids is 1. The molecule has 0 spiro atoms. The van der Waals surface area contributed by atoms with Crippen molar-refractivity contribution in [2.24, 2.45) is 0 Å². The maximum Gasteiger partial charge on any atom is 0.272 e. The molecule has 0 unspecified atom stereocenters. The van der Waals surface area contributed by atoms with Crippen molar-refractivity contribution < 1.29 is 4.79 Å². The molecule has 0 aliphatic heterocycles. The van der Waals surface area contributed by atoms with Crippen LogP contribution in [0.5, 0.6) is 0 Å². The van der Waals surface area contributed by atoms with Crippen LogP contribution in [0.2, 0.25) is 0 Å². The van der Waals surface area contributed by atoms with Gasteiger partial charge in [-0.05, 0) is 25.3 Å². The minimum absolute atomic E-state index is 0.0646. The maximum atomic E-state index is 12.1. The molecule has 2 heterocycles. The molecule has 82 valence electrons. The van der Waals surface area contributed by atoms with E-state index in [0.29, 0.717) is 16.3 Å². The summed E-state index contributed by atoms with van der Waals surface area (Å²) in [4.78, 5) is 24.1. The highest BCUT2D eigenvalue weighted by Gasteiger charge is 2.12. The smallest absolute Gasteiger partial charge is 0.272 e. The lowest BCUT2D eigenvalue weighted by atomic mass is 10.2. The van der Waals surface area contributed by atoms with Crippen molar-refractivity contribution in [3.63, 3.8) is 0 Å². The highest BCUT2D eigenvalue weighted by Crippen LogP contribution is 2.13. The Morgan fingerprint density at radius 2 is 1.88 bits per heavy atom. The predicted octanol–water partition coefficient (Wildman–Crippen LogP) is 2.22. The van der Waals surface area contributed by atoms with Crippen LogP contribution in [0.1, 0.15) is 21.1 Å². The minimum atomic E-state index is -0.0787. The Hall–Kier alpha value is -1.68. The number of aromatic nitrogens is 1. The fourth-order valence-electron chi connectivity index (χ4n) is 1.69. The second kappa shape index (κ2) is 4.06. The summed E-state index contributed by atoms with van der Waals surface area (Å²) in [5.41, 5.74) is 1.28. The van der Waals surface area contributed by atoms with Gasteiger partial charge >= 0.3 is 0 Å².